The van der Waals surface area contributed by atoms with E-state index in [-0.39, 0.29) is 23.2 Å². The molecule has 1 saturated heterocycles. The fourth-order valence-corrected chi connectivity index (χ4v) is 4.79. The number of nitrogens with zero attached hydrogens (tertiary/aromatic N) is 4. The molecule has 206 valence electrons. The van der Waals surface area contributed by atoms with Gasteiger partial charge in [-0.05, 0) is 35.9 Å². The summed E-state index contributed by atoms with van der Waals surface area (Å²) in [5.41, 5.74) is 3.10. The van der Waals surface area contributed by atoms with Crippen molar-refractivity contribution in [2.45, 2.75) is 0 Å². The van der Waals surface area contributed by atoms with Gasteiger partial charge in [-0.2, -0.15) is 0 Å². The molecule has 0 saturated carbocycles. The van der Waals surface area contributed by atoms with Crippen molar-refractivity contribution in [3.05, 3.63) is 85.1 Å². The second kappa shape index (κ2) is 12.2. The molecule has 3 aromatic carbocycles. The van der Waals surface area contributed by atoms with Crippen molar-refractivity contribution in [3.8, 4) is 11.1 Å². The first-order valence-corrected chi connectivity index (χ1v) is 13.0. The number of aromatic nitrogens is 2. The molecule has 1 aliphatic rings. The third-order valence-electron chi connectivity index (χ3n) is 6.81. The van der Waals surface area contributed by atoms with Crippen molar-refractivity contribution in [1.82, 2.24) is 14.9 Å². The van der Waals surface area contributed by atoms with E-state index >= 15 is 8.78 Å². The van der Waals surface area contributed by atoms with Crippen LogP contribution >= 0.6 is 0 Å². The lowest BCUT2D eigenvalue weighted by Gasteiger charge is -2.36. The minimum absolute atomic E-state index is 0.0258. The summed E-state index contributed by atoms with van der Waals surface area (Å²) in [5, 5.41) is 6.50. The maximum Gasteiger partial charge on any atom is 0.247 e. The number of carbonyl (C=O) groups is 1. The second-order valence-electron chi connectivity index (χ2n) is 9.45. The lowest BCUT2D eigenvalue weighted by atomic mass is 10.0. The molecule has 0 atom stereocenters. The number of amides is 1. The van der Waals surface area contributed by atoms with Crippen LogP contribution in [0.25, 0.3) is 22.0 Å². The summed E-state index contributed by atoms with van der Waals surface area (Å²) in [6, 6.07) is 15.6. The SMILES string of the molecule is C=CC(=O)Nc1cccc(-c2cccc3cnc(Nc4cc(F)c(N5CCN(CCOC)CC5)c(F)c4)nc23)c1. The normalized spacial score (nSPS) is 13.8. The van der Waals surface area contributed by atoms with Crippen molar-refractivity contribution in [3.63, 3.8) is 0 Å². The van der Waals surface area contributed by atoms with Gasteiger partial charge in [0.1, 0.15) is 5.69 Å². The molecule has 0 aliphatic carbocycles. The van der Waals surface area contributed by atoms with Gasteiger partial charge in [0, 0.05) is 68.4 Å². The van der Waals surface area contributed by atoms with E-state index in [9.17, 15) is 4.79 Å². The lowest BCUT2D eigenvalue weighted by molar-refractivity contribution is -0.111. The maximum atomic E-state index is 15.2. The highest BCUT2D eigenvalue weighted by Crippen LogP contribution is 2.32. The molecule has 1 aliphatic heterocycles. The van der Waals surface area contributed by atoms with E-state index in [0.717, 1.165) is 23.1 Å². The molecule has 40 heavy (non-hydrogen) atoms. The van der Waals surface area contributed by atoms with Crippen molar-refractivity contribution in [2.24, 2.45) is 0 Å². The summed E-state index contributed by atoms with van der Waals surface area (Å²) in [6.45, 7) is 7.37. The van der Waals surface area contributed by atoms with Gasteiger partial charge in [0.2, 0.25) is 11.9 Å². The van der Waals surface area contributed by atoms with Gasteiger partial charge in [0.05, 0.1) is 12.1 Å². The summed E-state index contributed by atoms with van der Waals surface area (Å²) >= 11 is 0. The van der Waals surface area contributed by atoms with Crippen LogP contribution < -0.4 is 15.5 Å². The largest absolute Gasteiger partial charge is 0.383 e. The number of ether oxygens (including phenoxy) is 1. The first-order valence-electron chi connectivity index (χ1n) is 13.0. The number of anilines is 4. The van der Waals surface area contributed by atoms with Crippen LogP contribution in [0, 0.1) is 11.6 Å². The number of carbonyl (C=O) groups excluding carboxylic acids is 1. The van der Waals surface area contributed by atoms with Gasteiger partial charge >= 0.3 is 0 Å². The Morgan fingerprint density at radius 3 is 2.52 bits per heavy atom. The summed E-state index contributed by atoms with van der Waals surface area (Å²) in [5.74, 6) is -1.39. The first-order chi connectivity index (χ1) is 19.4. The Labute approximate surface area is 231 Å². The predicted molar refractivity (Wildman–Crippen MR) is 154 cm³/mol. The smallest absolute Gasteiger partial charge is 0.247 e. The zero-order valence-corrected chi connectivity index (χ0v) is 22.2. The van der Waals surface area contributed by atoms with Crippen LogP contribution in [0.1, 0.15) is 0 Å². The van der Waals surface area contributed by atoms with Gasteiger partial charge in [-0.3, -0.25) is 9.69 Å². The molecule has 10 heteroatoms. The zero-order valence-electron chi connectivity index (χ0n) is 22.2. The van der Waals surface area contributed by atoms with E-state index in [1.165, 1.54) is 18.2 Å². The molecule has 0 radical (unpaired) electrons. The fraction of sp³-hybridized carbons (Fsp3) is 0.233. The van der Waals surface area contributed by atoms with Crippen LogP contribution in [0.3, 0.4) is 0 Å². The molecule has 8 nitrogen and oxygen atoms in total. The summed E-state index contributed by atoms with van der Waals surface area (Å²) < 4.78 is 35.4. The number of para-hydroxylation sites is 1. The third kappa shape index (κ3) is 6.08. The molecule has 1 aromatic heterocycles. The van der Waals surface area contributed by atoms with E-state index < -0.39 is 11.6 Å². The fourth-order valence-electron chi connectivity index (χ4n) is 4.79. The van der Waals surface area contributed by atoms with Crippen molar-refractivity contribution < 1.29 is 18.3 Å². The number of methoxy groups -OCH3 is 1. The van der Waals surface area contributed by atoms with Gasteiger partial charge < -0.3 is 20.3 Å². The molecule has 0 bridgehead atoms. The van der Waals surface area contributed by atoms with Crippen molar-refractivity contribution in [1.29, 1.82) is 0 Å². The lowest BCUT2D eigenvalue weighted by Crippen LogP contribution is -2.47. The number of rotatable bonds is 9. The summed E-state index contributed by atoms with van der Waals surface area (Å²) in [6.07, 6.45) is 2.86. The molecular formula is C30H30F2N6O2. The van der Waals surface area contributed by atoms with Crippen LogP contribution in [0.5, 0.6) is 0 Å². The molecule has 0 unspecified atom stereocenters. The number of hydrogen-bond donors (Lipinski definition) is 2. The molecule has 5 rings (SSSR count). The van der Waals surface area contributed by atoms with Crippen LogP contribution in [0.4, 0.5) is 31.8 Å². The summed E-state index contributed by atoms with van der Waals surface area (Å²) in [4.78, 5) is 24.7. The van der Waals surface area contributed by atoms with Crippen molar-refractivity contribution >= 4 is 39.8 Å². The standard InChI is InChI=1S/C30H30F2N6O2/c1-3-27(39)34-22-8-4-6-20(16-22)24-9-5-7-21-19-33-30(36-28(21)24)35-23-17-25(31)29(26(32)18-23)38-12-10-37(11-13-38)14-15-40-2/h3-9,16-19H,1,10-15H2,2H3,(H,34,39)(H,33,35,36). The third-order valence-corrected chi connectivity index (χ3v) is 6.81. The van der Waals surface area contributed by atoms with Crippen LogP contribution in [-0.2, 0) is 9.53 Å². The van der Waals surface area contributed by atoms with Gasteiger partial charge in [0.25, 0.3) is 0 Å². The Balaban J connectivity index is 1.37. The number of nitrogens with one attached hydrogen (secondary N) is 2. The average molecular weight is 545 g/mol. The molecule has 2 heterocycles. The highest BCUT2D eigenvalue weighted by molar-refractivity contribution is 6.00. The minimum Gasteiger partial charge on any atom is -0.383 e. The van der Waals surface area contributed by atoms with E-state index in [1.807, 2.05) is 36.4 Å². The van der Waals surface area contributed by atoms with Crippen LogP contribution in [0.15, 0.2) is 73.4 Å². The maximum absolute atomic E-state index is 15.2. The average Bonchev–Trinajstić information content (AvgIpc) is 2.96. The number of fused-ring (bicyclic) bond motifs is 1. The number of piperazine rings is 1. The van der Waals surface area contributed by atoms with E-state index in [0.29, 0.717) is 44.0 Å². The van der Waals surface area contributed by atoms with E-state index in [2.05, 4.69) is 32.1 Å². The Morgan fingerprint density at radius 2 is 1.80 bits per heavy atom. The van der Waals surface area contributed by atoms with Gasteiger partial charge in [0.15, 0.2) is 11.6 Å². The van der Waals surface area contributed by atoms with Gasteiger partial charge in [-0.1, -0.05) is 36.9 Å². The first kappa shape index (κ1) is 27.2. The monoisotopic (exact) mass is 544 g/mol. The minimum atomic E-state index is -0.646. The second-order valence-corrected chi connectivity index (χ2v) is 9.45. The molecule has 0 spiro atoms. The number of halogens is 2. The molecule has 1 fully saturated rings. The highest BCUT2D eigenvalue weighted by Gasteiger charge is 2.23. The molecular weight excluding hydrogens is 514 g/mol. The topological polar surface area (TPSA) is 82.6 Å². The van der Waals surface area contributed by atoms with Crippen molar-refractivity contribution in [2.75, 3.05) is 62.0 Å². The zero-order chi connectivity index (χ0) is 28.1. The molecule has 1 amide bonds. The molecule has 4 aromatic rings. The number of benzene rings is 3. The Bertz CT molecular complexity index is 1520. The predicted octanol–water partition coefficient (Wildman–Crippen LogP) is 5.21. The Hall–Kier alpha value is -4.41. The quantitative estimate of drug-likeness (QED) is 0.280. The van der Waals surface area contributed by atoms with Gasteiger partial charge in [-0.15, -0.1) is 0 Å². The Kier molecular flexibility index (Phi) is 8.28. The van der Waals surface area contributed by atoms with Gasteiger partial charge in [-0.25, -0.2) is 18.7 Å². The Morgan fingerprint density at radius 1 is 1.05 bits per heavy atom. The number of hydrogen-bond acceptors (Lipinski definition) is 7. The summed E-state index contributed by atoms with van der Waals surface area (Å²) in [7, 11) is 1.66. The van der Waals surface area contributed by atoms with E-state index in [4.69, 9.17) is 4.74 Å². The highest BCUT2D eigenvalue weighted by atomic mass is 19.1. The van der Waals surface area contributed by atoms with E-state index in [1.54, 1.807) is 24.3 Å². The van der Waals surface area contributed by atoms with Crippen LogP contribution in [0.2, 0.25) is 0 Å². The molecule has 2 N–H and O–H groups in total. The van der Waals surface area contributed by atoms with Crippen LogP contribution in [-0.4, -0.2) is 67.2 Å².